The van der Waals surface area contributed by atoms with Crippen LogP contribution < -0.4 is 10.1 Å². The normalized spacial score (nSPS) is 12.1. The van der Waals surface area contributed by atoms with Gasteiger partial charge in [0.15, 0.2) is 11.6 Å². The Balaban J connectivity index is 2.23. The van der Waals surface area contributed by atoms with Gasteiger partial charge < -0.3 is 10.1 Å². The number of nitrogens with zero attached hydrogens (tertiary/aromatic N) is 1. The highest BCUT2D eigenvalue weighted by molar-refractivity contribution is 5.32. The van der Waals surface area contributed by atoms with E-state index in [1.54, 1.807) is 18.3 Å². The Kier molecular flexibility index (Phi) is 5.69. The zero-order chi connectivity index (χ0) is 15.1. The number of rotatable bonds is 7. The van der Waals surface area contributed by atoms with Crippen molar-refractivity contribution in [2.45, 2.75) is 25.8 Å². The molecular weight excluding hydrogens is 267 g/mol. The highest BCUT2D eigenvalue weighted by Gasteiger charge is 2.16. The SMILES string of the molecule is CCCNC(Cc1cccc(OC)c1F)c1cccnc1. The number of benzene rings is 1. The van der Waals surface area contributed by atoms with Crippen LogP contribution in [0.2, 0.25) is 0 Å². The maximum Gasteiger partial charge on any atom is 0.168 e. The van der Waals surface area contributed by atoms with Crippen molar-refractivity contribution in [2.75, 3.05) is 13.7 Å². The fourth-order valence-electron chi connectivity index (χ4n) is 2.30. The second-order valence-corrected chi connectivity index (χ2v) is 4.93. The average Bonchev–Trinajstić information content (AvgIpc) is 2.53. The van der Waals surface area contributed by atoms with Crippen LogP contribution in [-0.2, 0) is 6.42 Å². The zero-order valence-corrected chi connectivity index (χ0v) is 12.5. The van der Waals surface area contributed by atoms with E-state index in [0.29, 0.717) is 12.0 Å². The molecule has 0 aliphatic carbocycles. The summed E-state index contributed by atoms with van der Waals surface area (Å²) in [6.45, 7) is 2.99. The van der Waals surface area contributed by atoms with Crippen LogP contribution >= 0.6 is 0 Å². The average molecular weight is 288 g/mol. The van der Waals surface area contributed by atoms with Gasteiger partial charge in [0.05, 0.1) is 7.11 Å². The maximum absolute atomic E-state index is 14.3. The monoisotopic (exact) mass is 288 g/mol. The Bertz CT molecular complexity index is 560. The number of pyridine rings is 1. The van der Waals surface area contributed by atoms with Gasteiger partial charge in [-0.2, -0.15) is 0 Å². The first-order valence-corrected chi connectivity index (χ1v) is 7.21. The van der Waals surface area contributed by atoms with Crippen molar-refractivity contribution in [1.82, 2.24) is 10.3 Å². The van der Waals surface area contributed by atoms with Gasteiger partial charge in [-0.05, 0) is 42.6 Å². The van der Waals surface area contributed by atoms with Gasteiger partial charge in [0.2, 0.25) is 0 Å². The quantitative estimate of drug-likeness (QED) is 0.846. The summed E-state index contributed by atoms with van der Waals surface area (Å²) in [6.07, 6.45) is 5.16. The number of ether oxygens (including phenoxy) is 1. The molecule has 1 atom stereocenters. The van der Waals surface area contributed by atoms with Gasteiger partial charge >= 0.3 is 0 Å². The number of nitrogens with one attached hydrogen (secondary N) is 1. The number of halogens is 1. The van der Waals surface area contributed by atoms with Crippen LogP contribution in [0.25, 0.3) is 0 Å². The van der Waals surface area contributed by atoms with Crippen LogP contribution in [0.1, 0.15) is 30.5 Å². The van der Waals surface area contributed by atoms with Crippen molar-refractivity contribution in [3.05, 3.63) is 59.7 Å². The predicted octanol–water partition coefficient (Wildman–Crippen LogP) is 3.51. The fourth-order valence-corrected chi connectivity index (χ4v) is 2.30. The molecule has 112 valence electrons. The molecule has 1 unspecified atom stereocenters. The molecule has 2 aromatic rings. The first-order valence-electron chi connectivity index (χ1n) is 7.21. The fraction of sp³-hybridized carbons (Fsp3) is 0.353. The van der Waals surface area contributed by atoms with Gasteiger partial charge in [-0.1, -0.05) is 25.1 Å². The minimum absolute atomic E-state index is 0.0419. The molecule has 0 fully saturated rings. The Morgan fingerprint density at radius 2 is 2.14 bits per heavy atom. The molecule has 0 spiro atoms. The summed E-state index contributed by atoms with van der Waals surface area (Å²) in [5.41, 5.74) is 1.71. The Morgan fingerprint density at radius 3 is 2.81 bits per heavy atom. The molecule has 0 bridgehead atoms. The molecular formula is C17H21FN2O. The van der Waals surface area contributed by atoms with Crippen molar-refractivity contribution in [3.63, 3.8) is 0 Å². The van der Waals surface area contributed by atoms with E-state index in [2.05, 4.69) is 17.2 Å². The van der Waals surface area contributed by atoms with Gasteiger partial charge in [-0.15, -0.1) is 0 Å². The Labute approximate surface area is 125 Å². The lowest BCUT2D eigenvalue weighted by Gasteiger charge is -2.19. The lowest BCUT2D eigenvalue weighted by atomic mass is 9.99. The van der Waals surface area contributed by atoms with Crippen LogP contribution in [0.5, 0.6) is 5.75 Å². The number of hydrogen-bond acceptors (Lipinski definition) is 3. The molecule has 0 saturated carbocycles. The maximum atomic E-state index is 14.3. The summed E-state index contributed by atoms with van der Waals surface area (Å²) < 4.78 is 19.3. The first kappa shape index (κ1) is 15.4. The molecule has 1 aromatic carbocycles. The minimum Gasteiger partial charge on any atom is -0.494 e. The summed E-state index contributed by atoms with van der Waals surface area (Å²) in [5.74, 6) is 0.000108. The molecule has 1 N–H and O–H groups in total. The number of hydrogen-bond donors (Lipinski definition) is 1. The second-order valence-electron chi connectivity index (χ2n) is 4.93. The summed E-state index contributed by atoms with van der Waals surface area (Å²) in [4.78, 5) is 4.15. The van der Waals surface area contributed by atoms with Crippen molar-refractivity contribution in [3.8, 4) is 5.75 Å². The van der Waals surface area contributed by atoms with E-state index in [1.165, 1.54) is 7.11 Å². The van der Waals surface area contributed by atoms with Crippen LogP contribution in [0.3, 0.4) is 0 Å². The third kappa shape index (κ3) is 4.02. The molecule has 1 heterocycles. The summed E-state index contributed by atoms with van der Waals surface area (Å²) >= 11 is 0. The van der Waals surface area contributed by atoms with Crippen molar-refractivity contribution >= 4 is 0 Å². The smallest absolute Gasteiger partial charge is 0.168 e. The van der Waals surface area contributed by atoms with E-state index < -0.39 is 0 Å². The molecule has 1 aromatic heterocycles. The molecule has 2 rings (SSSR count). The number of methoxy groups -OCH3 is 1. The van der Waals surface area contributed by atoms with Gasteiger partial charge in [0.1, 0.15) is 0 Å². The molecule has 3 nitrogen and oxygen atoms in total. The molecule has 21 heavy (non-hydrogen) atoms. The lowest BCUT2D eigenvalue weighted by molar-refractivity contribution is 0.382. The number of aromatic nitrogens is 1. The molecule has 0 radical (unpaired) electrons. The third-order valence-corrected chi connectivity index (χ3v) is 3.41. The van der Waals surface area contributed by atoms with E-state index in [4.69, 9.17) is 4.74 Å². The van der Waals surface area contributed by atoms with Crippen molar-refractivity contribution < 1.29 is 9.13 Å². The van der Waals surface area contributed by atoms with E-state index >= 15 is 0 Å². The van der Waals surface area contributed by atoms with Gasteiger partial charge in [0, 0.05) is 18.4 Å². The van der Waals surface area contributed by atoms with Gasteiger partial charge in [-0.25, -0.2) is 4.39 Å². The predicted molar refractivity (Wildman–Crippen MR) is 81.9 cm³/mol. The van der Waals surface area contributed by atoms with E-state index in [0.717, 1.165) is 18.5 Å². The largest absolute Gasteiger partial charge is 0.494 e. The summed E-state index contributed by atoms with van der Waals surface area (Å²) in [5, 5.41) is 3.45. The van der Waals surface area contributed by atoms with Gasteiger partial charge in [-0.3, -0.25) is 4.98 Å². The zero-order valence-electron chi connectivity index (χ0n) is 12.5. The highest BCUT2D eigenvalue weighted by Crippen LogP contribution is 2.25. The first-order chi connectivity index (χ1) is 10.3. The standard InChI is InChI=1S/C17H21FN2O/c1-3-9-20-15(14-7-5-10-19-12-14)11-13-6-4-8-16(21-2)17(13)18/h4-8,10,12,15,20H,3,9,11H2,1-2H3. The van der Waals surface area contributed by atoms with Crippen LogP contribution in [0.15, 0.2) is 42.7 Å². The van der Waals surface area contributed by atoms with Crippen LogP contribution in [-0.4, -0.2) is 18.6 Å². The Morgan fingerprint density at radius 1 is 1.29 bits per heavy atom. The van der Waals surface area contributed by atoms with Crippen LogP contribution in [0, 0.1) is 5.82 Å². The molecule has 0 saturated heterocycles. The lowest BCUT2D eigenvalue weighted by Crippen LogP contribution is -2.24. The van der Waals surface area contributed by atoms with E-state index in [-0.39, 0.29) is 17.6 Å². The Hall–Kier alpha value is -1.94. The highest BCUT2D eigenvalue weighted by atomic mass is 19.1. The van der Waals surface area contributed by atoms with E-state index in [9.17, 15) is 4.39 Å². The minimum atomic E-state index is -0.285. The summed E-state index contributed by atoms with van der Waals surface area (Å²) in [6, 6.07) is 9.21. The van der Waals surface area contributed by atoms with Crippen molar-refractivity contribution in [1.29, 1.82) is 0 Å². The molecule has 4 heteroatoms. The third-order valence-electron chi connectivity index (χ3n) is 3.41. The molecule has 0 aliphatic heterocycles. The topological polar surface area (TPSA) is 34.1 Å². The molecule has 0 amide bonds. The molecule has 0 aliphatic rings. The second kappa shape index (κ2) is 7.74. The van der Waals surface area contributed by atoms with E-state index in [1.807, 2.05) is 24.4 Å². The van der Waals surface area contributed by atoms with Gasteiger partial charge in [0.25, 0.3) is 0 Å². The summed E-state index contributed by atoms with van der Waals surface area (Å²) in [7, 11) is 1.48. The van der Waals surface area contributed by atoms with Crippen molar-refractivity contribution in [2.24, 2.45) is 0 Å². The van der Waals surface area contributed by atoms with Crippen LogP contribution in [0.4, 0.5) is 4.39 Å².